The van der Waals surface area contributed by atoms with Gasteiger partial charge in [-0.15, -0.1) is 0 Å². The molecule has 1 aliphatic heterocycles. The van der Waals surface area contributed by atoms with Crippen LogP contribution in [0.5, 0.6) is 0 Å². The van der Waals surface area contributed by atoms with Crippen molar-refractivity contribution >= 4 is 21.9 Å². The van der Waals surface area contributed by atoms with Crippen LogP contribution in [0.2, 0.25) is 0 Å². The zero-order chi connectivity index (χ0) is 17.2. The van der Waals surface area contributed by atoms with E-state index in [2.05, 4.69) is 5.32 Å². The lowest BCUT2D eigenvalue weighted by Gasteiger charge is -2.28. The van der Waals surface area contributed by atoms with E-state index in [1.165, 1.54) is 0 Å². The van der Waals surface area contributed by atoms with E-state index >= 15 is 0 Å². The fraction of sp³-hybridized carbons (Fsp3) is 0.846. The summed E-state index contributed by atoms with van der Waals surface area (Å²) in [6.07, 6.45) is 0.539. The number of alkyl carbamates (subject to hydrolysis) is 1. The molecule has 2 N–H and O–H groups in total. The monoisotopic (exact) mass is 336 g/mol. The zero-order valence-electron chi connectivity index (χ0n) is 13.4. The first kappa shape index (κ1) is 18.7. The Morgan fingerprint density at radius 1 is 1.36 bits per heavy atom. The van der Waals surface area contributed by atoms with Gasteiger partial charge in [0.25, 0.3) is 0 Å². The summed E-state index contributed by atoms with van der Waals surface area (Å²) in [6.45, 7) is 5.76. The molecule has 1 atom stereocenters. The number of sulfone groups is 1. The number of carboxylic acids is 1. The lowest BCUT2D eigenvalue weighted by Crippen LogP contribution is -2.57. The van der Waals surface area contributed by atoms with Crippen molar-refractivity contribution in [2.75, 3.05) is 31.6 Å². The van der Waals surface area contributed by atoms with Crippen molar-refractivity contribution in [3.05, 3.63) is 0 Å². The average molecular weight is 336 g/mol. The third-order valence-corrected chi connectivity index (χ3v) is 4.20. The van der Waals surface area contributed by atoms with Gasteiger partial charge in [0, 0.05) is 25.9 Å². The lowest BCUT2D eigenvalue weighted by molar-refractivity contribution is -0.144. The van der Waals surface area contributed by atoms with E-state index in [1.807, 2.05) is 0 Å². The van der Waals surface area contributed by atoms with Crippen LogP contribution in [0.3, 0.4) is 0 Å². The number of aliphatic carboxylic acids is 1. The third kappa shape index (κ3) is 5.80. The van der Waals surface area contributed by atoms with Gasteiger partial charge in [-0.1, -0.05) is 0 Å². The first-order valence-electron chi connectivity index (χ1n) is 6.98. The number of carboxylic acid groups (broad SMARTS) is 1. The maximum absolute atomic E-state index is 11.8. The van der Waals surface area contributed by atoms with Crippen molar-refractivity contribution in [3.63, 3.8) is 0 Å². The molecule has 0 spiro atoms. The number of rotatable bonds is 5. The number of carbonyl (C=O) groups is 2. The standard InChI is InChI=1S/C13H24N2O6S/c1-12(2,3)21-11(18)14-13(10(16)17)5-6-15(9-13)7-8-22(4,19)20/h5-9H2,1-4H3,(H,14,18)(H,16,17). The Bertz CT molecular complexity index is 539. The second kappa shape index (κ2) is 6.41. The van der Waals surface area contributed by atoms with E-state index in [1.54, 1.807) is 25.7 Å². The van der Waals surface area contributed by atoms with Crippen LogP contribution < -0.4 is 5.32 Å². The Labute approximate surface area is 130 Å². The summed E-state index contributed by atoms with van der Waals surface area (Å²) in [7, 11) is -3.12. The SMILES string of the molecule is CC(C)(C)OC(=O)NC1(C(=O)O)CCN(CCS(C)(=O)=O)C1. The second-order valence-corrected chi connectivity index (χ2v) is 8.93. The van der Waals surface area contributed by atoms with E-state index in [-0.39, 0.29) is 25.3 Å². The molecular weight excluding hydrogens is 312 g/mol. The molecule has 1 fully saturated rings. The molecule has 128 valence electrons. The van der Waals surface area contributed by atoms with Crippen LogP contribution >= 0.6 is 0 Å². The van der Waals surface area contributed by atoms with Gasteiger partial charge in [-0.3, -0.25) is 4.90 Å². The average Bonchev–Trinajstić information content (AvgIpc) is 2.67. The summed E-state index contributed by atoms with van der Waals surface area (Å²) in [5, 5.41) is 11.9. The minimum Gasteiger partial charge on any atom is -0.479 e. The van der Waals surface area contributed by atoms with Gasteiger partial charge in [0.2, 0.25) is 0 Å². The van der Waals surface area contributed by atoms with Gasteiger partial charge in [-0.2, -0.15) is 0 Å². The highest BCUT2D eigenvalue weighted by Gasteiger charge is 2.46. The summed E-state index contributed by atoms with van der Waals surface area (Å²) in [5.41, 5.74) is -2.17. The molecule has 1 saturated heterocycles. The van der Waals surface area contributed by atoms with Gasteiger partial charge >= 0.3 is 12.1 Å². The molecule has 22 heavy (non-hydrogen) atoms. The quantitative estimate of drug-likeness (QED) is 0.731. The van der Waals surface area contributed by atoms with Crippen molar-refractivity contribution in [2.45, 2.75) is 38.3 Å². The minimum absolute atomic E-state index is 0.0465. The van der Waals surface area contributed by atoms with E-state index in [0.717, 1.165) is 6.26 Å². The molecule has 1 heterocycles. The van der Waals surface area contributed by atoms with Crippen LogP contribution in [-0.4, -0.2) is 73.3 Å². The Kier molecular flexibility index (Phi) is 5.45. The van der Waals surface area contributed by atoms with Gasteiger partial charge in [0.15, 0.2) is 5.54 Å². The molecule has 1 rings (SSSR count). The van der Waals surface area contributed by atoms with Crippen molar-refractivity contribution in [2.24, 2.45) is 0 Å². The smallest absolute Gasteiger partial charge is 0.408 e. The van der Waals surface area contributed by atoms with Crippen molar-refractivity contribution in [3.8, 4) is 0 Å². The van der Waals surface area contributed by atoms with Crippen LogP contribution in [0, 0.1) is 0 Å². The van der Waals surface area contributed by atoms with Crippen molar-refractivity contribution in [1.82, 2.24) is 10.2 Å². The van der Waals surface area contributed by atoms with Crippen LogP contribution in [0.1, 0.15) is 27.2 Å². The molecule has 1 unspecified atom stereocenters. The van der Waals surface area contributed by atoms with Gasteiger partial charge < -0.3 is 15.2 Å². The number of nitrogens with one attached hydrogen (secondary N) is 1. The second-order valence-electron chi connectivity index (χ2n) is 6.67. The van der Waals surface area contributed by atoms with E-state index in [4.69, 9.17) is 4.74 Å². The number of amides is 1. The van der Waals surface area contributed by atoms with Crippen LogP contribution in [0.4, 0.5) is 4.79 Å². The highest BCUT2D eigenvalue weighted by molar-refractivity contribution is 7.90. The fourth-order valence-corrected chi connectivity index (χ4v) is 2.79. The molecule has 0 aromatic carbocycles. The first-order chi connectivity index (χ1) is 9.83. The molecule has 0 bridgehead atoms. The normalized spacial score (nSPS) is 23.3. The molecule has 8 nitrogen and oxygen atoms in total. The number of likely N-dealkylation sites (tertiary alicyclic amines) is 1. The summed E-state index contributed by atoms with van der Waals surface area (Å²) < 4.78 is 27.5. The molecule has 0 aromatic rings. The molecule has 1 amide bonds. The number of hydrogen-bond acceptors (Lipinski definition) is 6. The van der Waals surface area contributed by atoms with Gasteiger partial charge in [0.1, 0.15) is 15.4 Å². The largest absolute Gasteiger partial charge is 0.479 e. The maximum atomic E-state index is 11.8. The summed E-state index contributed by atoms with van der Waals surface area (Å²) in [6, 6.07) is 0. The van der Waals surface area contributed by atoms with E-state index in [9.17, 15) is 23.1 Å². The predicted octanol–water partition coefficient (Wildman–Crippen LogP) is 0.0848. The topological polar surface area (TPSA) is 113 Å². The molecule has 0 saturated carbocycles. The summed E-state index contributed by atoms with van der Waals surface area (Å²) in [4.78, 5) is 25.1. The Morgan fingerprint density at radius 3 is 2.41 bits per heavy atom. The van der Waals surface area contributed by atoms with Gasteiger partial charge in [0.05, 0.1) is 5.75 Å². The van der Waals surface area contributed by atoms with Crippen molar-refractivity contribution in [1.29, 1.82) is 0 Å². The summed E-state index contributed by atoms with van der Waals surface area (Å²) >= 11 is 0. The first-order valence-corrected chi connectivity index (χ1v) is 9.04. The molecule has 0 radical (unpaired) electrons. The minimum atomic E-state index is -3.12. The fourth-order valence-electron chi connectivity index (χ4n) is 2.20. The molecular formula is C13H24N2O6S. The zero-order valence-corrected chi connectivity index (χ0v) is 14.2. The Hall–Kier alpha value is -1.35. The maximum Gasteiger partial charge on any atom is 0.408 e. The molecule has 0 aliphatic carbocycles. The number of carbonyl (C=O) groups excluding carboxylic acids is 1. The Morgan fingerprint density at radius 2 is 1.95 bits per heavy atom. The molecule has 9 heteroatoms. The van der Waals surface area contributed by atoms with Gasteiger partial charge in [-0.05, 0) is 27.2 Å². The molecule has 1 aliphatic rings. The predicted molar refractivity (Wildman–Crippen MR) is 80.5 cm³/mol. The Balaban J connectivity index is 2.71. The number of nitrogens with zero attached hydrogens (tertiary/aromatic N) is 1. The van der Waals surface area contributed by atoms with E-state index in [0.29, 0.717) is 6.54 Å². The highest BCUT2D eigenvalue weighted by atomic mass is 32.2. The van der Waals surface area contributed by atoms with Crippen molar-refractivity contribution < 1.29 is 27.9 Å². The lowest BCUT2D eigenvalue weighted by atomic mass is 9.99. The number of hydrogen-bond donors (Lipinski definition) is 2. The van der Waals surface area contributed by atoms with Crippen LogP contribution in [0.15, 0.2) is 0 Å². The molecule has 0 aromatic heterocycles. The van der Waals surface area contributed by atoms with E-state index < -0.39 is 33.0 Å². The summed E-state index contributed by atoms with van der Waals surface area (Å²) in [5.74, 6) is -1.20. The number of ether oxygens (including phenoxy) is 1. The van der Waals surface area contributed by atoms with Crippen LogP contribution in [0.25, 0.3) is 0 Å². The van der Waals surface area contributed by atoms with Crippen LogP contribution in [-0.2, 0) is 19.4 Å². The van der Waals surface area contributed by atoms with Gasteiger partial charge in [-0.25, -0.2) is 18.0 Å². The third-order valence-electron chi connectivity index (χ3n) is 3.28. The highest BCUT2D eigenvalue weighted by Crippen LogP contribution is 2.22.